The zero-order chi connectivity index (χ0) is 13.1. The summed E-state index contributed by atoms with van der Waals surface area (Å²) in [5.41, 5.74) is 0. The number of hydrogen-bond acceptors (Lipinski definition) is 4. The van der Waals surface area contributed by atoms with Crippen molar-refractivity contribution in [3.63, 3.8) is 0 Å². The van der Waals surface area contributed by atoms with Gasteiger partial charge < -0.3 is 5.32 Å². The number of benzene rings is 2. The second kappa shape index (κ2) is 5.28. The summed E-state index contributed by atoms with van der Waals surface area (Å²) in [6, 6.07) is 16.7. The molecule has 0 bridgehead atoms. The molecule has 0 spiro atoms. The van der Waals surface area contributed by atoms with Crippen LogP contribution in [0.4, 0.5) is 5.95 Å². The van der Waals surface area contributed by atoms with Gasteiger partial charge in [0.1, 0.15) is 5.03 Å². The fraction of sp³-hybridized carbons (Fsp3) is 0.0667. The molecule has 0 aliphatic heterocycles. The zero-order valence-electron chi connectivity index (χ0n) is 10.5. The predicted molar refractivity (Wildman–Crippen MR) is 79.6 cm³/mol. The molecule has 3 nitrogen and oxygen atoms in total. The molecule has 1 aromatic heterocycles. The second-order valence-electron chi connectivity index (χ2n) is 4.08. The van der Waals surface area contributed by atoms with Gasteiger partial charge in [-0.05, 0) is 29.0 Å². The summed E-state index contributed by atoms with van der Waals surface area (Å²) in [4.78, 5) is 9.70. The molecule has 1 heterocycles. The van der Waals surface area contributed by atoms with Gasteiger partial charge in [-0.2, -0.15) is 0 Å². The number of nitrogens with zero attached hydrogens (tertiary/aromatic N) is 2. The monoisotopic (exact) mass is 267 g/mol. The molecule has 19 heavy (non-hydrogen) atoms. The van der Waals surface area contributed by atoms with Crippen LogP contribution < -0.4 is 5.32 Å². The minimum Gasteiger partial charge on any atom is -0.357 e. The molecule has 94 valence electrons. The molecule has 0 atom stereocenters. The van der Waals surface area contributed by atoms with Gasteiger partial charge in [0.15, 0.2) is 0 Å². The number of nitrogens with one attached hydrogen (secondary N) is 1. The van der Waals surface area contributed by atoms with E-state index in [4.69, 9.17) is 0 Å². The molecule has 0 aliphatic carbocycles. The molecule has 0 radical (unpaired) electrons. The molecule has 2 aromatic carbocycles. The van der Waals surface area contributed by atoms with Gasteiger partial charge in [-0.15, -0.1) is 0 Å². The van der Waals surface area contributed by atoms with Gasteiger partial charge in [-0.25, -0.2) is 9.97 Å². The third kappa shape index (κ3) is 2.69. The maximum atomic E-state index is 4.41. The van der Waals surface area contributed by atoms with Crippen LogP contribution in [0, 0.1) is 0 Å². The first-order valence-corrected chi connectivity index (χ1v) is 6.84. The summed E-state index contributed by atoms with van der Waals surface area (Å²) in [6.45, 7) is 0. The Labute approximate surface area is 116 Å². The third-order valence-corrected chi connectivity index (χ3v) is 3.72. The fourth-order valence-electron chi connectivity index (χ4n) is 1.87. The summed E-state index contributed by atoms with van der Waals surface area (Å²) in [6.07, 6.45) is 1.77. The molecule has 0 aliphatic rings. The van der Waals surface area contributed by atoms with Crippen molar-refractivity contribution in [3.8, 4) is 0 Å². The lowest BCUT2D eigenvalue weighted by atomic mass is 10.1. The van der Waals surface area contributed by atoms with Gasteiger partial charge >= 0.3 is 0 Å². The van der Waals surface area contributed by atoms with E-state index < -0.39 is 0 Å². The van der Waals surface area contributed by atoms with Gasteiger partial charge in [0, 0.05) is 18.1 Å². The first-order chi connectivity index (χ1) is 9.35. The standard InChI is InChI=1S/C15H13N3S/c1-16-15-17-9-8-14(18-15)19-13-7-6-11-4-2-3-5-12(11)10-13/h2-10H,1H3,(H,16,17,18). The van der Waals surface area contributed by atoms with Crippen molar-refractivity contribution in [2.75, 3.05) is 12.4 Å². The number of rotatable bonds is 3. The van der Waals surface area contributed by atoms with E-state index in [2.05, 4.69) is 57.7 Å². The van der Waals surface area contributed by atoms with Crippen molar-refractivity contribution in [1.29, 1.82) is 0 Å². The van der Waals surface area contributed by atoms with Crippen LogP contribution in [-0.2, 0) is 0 Å². The quantitative estimate of drug-likeness (QED) is 0.732. The van der Waals surface area contributed by atoms with Crippen molar-refractivity contribution in [2.24, 2.45) is 0 Å². The average Bonchev–Trinajstić information content (AvgIpc) is 2.47. The van der Waals surface area contributed by atoms with Crippen molar-refractivity contribution in [1.82, 2.24) is 9.97 Å². The van der Waals surface area contributed by atoms with E-state index in [1.54, 1.807) is 18.0 Å². The summed E-state index contributed by atoms with van der Waals surface area (Å²) in [5.74, 6) is 0.644. The Bertz CT molecular complexity index is 712. The Kier molecular flexibility index (Phi) is 3.33. The van der Waals surface area contributed by atoms with E-state index in [1.165, 1.54) is 15.7 Å². The molecule has 3 aromatic rings. The van der Waals surface area contributed by atoms with Gasteiger partial charge in [0.25, 0.3) is 0 Å². The minimum atomic E-state index is 0.644. The average molecular weight is 267 g/mol. The van der Waals surface area contributed by atoms with Crippen LogP contribution in [0.2, 0.25) is 0 Å². The molecular weight excluding hydrogens is 254 g/mol. The Balaban J connectivity index is 1.92. The summed E-state index contributed by atoms with van der Waals surface area (Å²) >= 11 is 1.64. The molecule has 3 rings (SSSR count). The van der Waals surface area contributed by atoms with Gasteiger partial charge in [0.2, 0.25) is 5.95 Å². The van der Waals surface area contributed by atoms with Crippen molar-refractivity contribution in [2.45, 2.75) is 9.92 Å². The van der Waals surface area contributed by atoms with Gasteiger partial charge in [0.05, 0.1) is 0 Å². The molecular formula is C15H13N3S. The number of fused-ring (bicyclic) bond motifs is 1. The normalized spacial score (nSPS) is 10.6. The molecule has 0 saturated heterocycles. The van der Waals surface area contributed by atoms with E-state index in [0.29, 0.717) is 5.95 Å². The lowest BCUT2D eigenvalue weighted by Gasteiger charge is -2.04. The predicted octanol–water partition coefficient (Wildman–Crippen LogP) is 3.82. The smallest absolute Gasteiger partial charge is 0.223 e. The van der Waals surface area contributed by atoms with Gasteiger partial charge in [-0.1, -0.05) is 42.1 Å². The van der Waals surface area contributed by atoms with Crippen molar-refractivity contribution in [3.05, 3.63) is 54.7 Å². The van der Waals surface area contributed by atoms with E-state index in [1.807, 2.05) is 13.1 Å². The Morgan fingerprint density at radius 1 is 1.00 bits per heavy atom. The highest BCUT2D eigenvalue weighted by atomic mass is 32.2. The molecule has 1 N–H and O–H groups in total. The van der Waals surface area contributed by atoms with Crippen LogP contribution in [0.25, 0.3) is 10.8 Å². The highest BCUT2D eigenvalue weighted by Crippen LogP contribution is 2.29. The topological polar surface area (TPSA) is 37.8 Å². The maximum Gasteiger partial charge on any atom is 0.223 e. The molecule has 0 unspecified atom stereocenters. The number of anilines is 1. The Morgan fingerprint density at radius 2 is 1.84 bits per heavy atom. The van der Waals surface area contributed by atoms with Crippen LogP contribution in [0.5, 0.6) is 0 Å². The lowest BCUT2D eigenvalue weighted by Crippen LogP contribution is -1.95. The van der Waals surface area contributed by atoms with E-state index in [-0.39, 0.29) is 0 Å². The SMILES string of the molecule is CNc1nccc(Sc2ccc3ccccc3c2)n1. The zero-order valence-corrected chi connectivity index (χ0v) is 11.3. The van der Waals surface area contributed by atoms with Crippen LogP contribution >= 0.6 is 11.8 Å². The summed E-state index contributed by atoms with van der Waals surface area (Å²) in [5, 5.41) is 6.39. The van der Waals surface area contributed by atoms with E-state index in [9.17, 15) is 0 Å². The minimum absolute atomic E-state index is 0.644. The van der Waals surface area contributed by atoms with Crippen LogP contribution in [0.3, 0.4) is 0 Å². The van der Waals surface area contributed by atoms with Crippen LogP contribution in [-0.4, -0.2) is 17.0 Å². The Morgan fingerprint density at radius 3 is 2.68 bits per heavy atom. The molecule has 0 amide bonds. The van der Waals surface area contributed by atoms with E-state index >= 15 is 0 Å². The number of aromatic nitrogens is 2. The van der Waals surface area contributed by atoms with Crippen molar-refractivity contribution < 1.29 is 0 Å². The lowest BCUT2D eigenvalue weighted by molar-refractivity contribution is 1.05. The van der Waals surface area contributed by atoms with E-state index in [0.717, 1.165) is 5.03 Å². The van der Waals surface area contributed by atoms with Crippen LogP contribution in [0.1, 0.15) is 0 Å². The largest absolute Gasteiger partial charge is 0.357 e. The molecule has 0 fully saturated rings. The highest BCUT2D eigenvalue weighted by Gasteiger charge is 2.02. The second-order valence-corrected chi connectivity index (χ2v) is 5.17. The summed E-state index contributed by atoms with van der Waals surface area (Å²) < 4.78 is 0. The molecule has 4 heteroatoms. The first kappa shape index (κ1) is 12.0. The summed E-state index contributed by atoms with van der Waals surface area (Å²) in [7, 11) is 1.82. The van der Waals surface area contributed by atoms with Crippen LogP contribution in [0.15, 0.2) is 64.6 Å². The maximum absolute atomic E-state index is 4.41. The highest BCUT2D eigenvalue weighted by molar-refractivity contribution is 7.99. The Hall–Kier alpha value is -2.07. The molecule has 0 saturated carbocycles. The fourth-order valence-corrected chi connectivity index (χ4v) is 2.70. The van der Waals surface area contributed by atoms with Gasteiger partial charge in [-0.3, -0.25) is 0 Å². The van der Waals surface area contributed by atoms with Crippen molar-refractivity contribution >= 4 is 28.5 Å². The first-order valence-electron chi connectivity index (χ1n) is 6.02. The number of hydrogen-bond donors (Lipinski definition) is 1. The third-order valence-electron chi connectivity index (χ3n) is 2.80.